The summed E-state index contributed by atoms with van der Waals surface area (Å²) in [6.07, 6.45) is -8.63. The van der Waals surface area contributed by atoms with Gasteiger partial charge in [0.15, 0.2) is 5.69 Å². The van der Waals surface area contributed by atoms with Crippen molar-refractivity contribution in [2.75, 3.05) is 5.73 Å². The van der Waals surface area contributed by atoms with E-state index in [0.717, 1.165) is 0 Å². The third-order valence-corrected chi connectivity index (χ3v) is 1.82. The molecule has 0 saturated heterocycles. The van der Waals surface area contributed by atoms with Gasteiger partial charge in [-0.25, -0.2) is 18.6 Å². The number of anilines is 1. The van der Waals surface area contributed by atoms with Crippen molar-refractivity contribution >= 4 is 11.8 Å². The molecule has 0 aliphatic carbocycles. The number of carboxylic acids is 1. The molecular weight excluding hydrogens is 251 g/mol. The molecule has 1 heterocycles. The van der Waals surface area contributed by atoms with E-state index in [0.29, 0.717) is 0 Å². The highest BCUT2D eigenvalue weighted by Crippen LogP contribution is 2.36. The molecular formula is C8H5F5N2O2. The summed E-state index contributed by atoms with van der Waals surface area (Å²) in [6.45, 7) is 0. The van der Waals surface area contributed by atoms with Crippen molar-refractivity contribution in [1.29, 1.82) is 0 Å². The standard InChI is InChI=1S/C8H5F5N2O2/c9-5(10)2-1-3(7(16)17)6(14)15-4(2)8(11,12)13/h1,5H,(H2,14,15)(H,16,17). The summed E-state index contributed by atoms with van der Waals surface area (Å²) in [6, 6.07) is 0.179. The number of aromatic nitrogens is 1. The molecule has 1 aromatic heterocycles. The van der Waals surface area contributed by atoms with Crippen LogP contribution < -0.4 is 5.73 Å². The Labute approximate surface area is 90.9 Å². The molecule has 0 aliphatic rings. The highest BCUT2D eigenvalue weighted by molar-refractivity contribution is 5.92. The van der Waals surface area contributed by atoms with E-state index in [2.05, 4.69) is 4.98 Å². The van der Waals surface area contributed by atoms with E-state index in [-0.39, 0.29) is 6.07 Å². The molecule has 0 radical (unpaired) electrons. The van der Waals surface area contributed by atoms with Crippen LogP contribution in [0.25, 0.3) is 0 Å². The molecule has 4 nitrogen and oxygen atoms in total. The van der Waals surface area contributed by atoms with Crippen LogP contribution in [0.2, 0.25) is 0 Å². The third-order valence-electron chi connectivity index (χ3n) is 1.82. The molecule has 0 atom stereocenters. The summed E-state index contributed by atoms with van der Waals surface area (Å²) in [4.78, 5) is 13.2. The Morgan fingerprint density at radius 1 is 1.41 bits per heavy atom. The maximum absolute atomic E-state index is 12.4. The first kappa shape index (κ1) is 13.1. The quantitative estimate of drug-likeness (QED) is 0.796. The molecule has 1 aromatic rings. The van der Waals surface area contributed by atoms with Crippen LogP contribution in [0.5, 0.6) is 0 Å². The molecule has 17 heavy (non-hydrogen) atoms. The topological polar surface area (TPSA) is 76.2 Å². The Kier molecular flexibility index (Phi) is 3.21. The minimum atomic E-state index is -5.13. The first-order valence-electron chi connectivity index (χ1n) is 4.03. The fourth-order valence-corrected chi connectivity index (χ4v) is 1.11. The van der Waals surface area contributed by atoms with Gasteiger partial charge < -0.3 is 10.8 Å². The fraction of sp³-hybridized carbons (Fsp3) is 0.250. The molecule has 0 saturated carbocycles. The number of carbonyl (C=O) groups is 1. The van der Waals surface area contributed by atoms with Gasteiger partial charge in [-0.1, -0.05) is 0 Å². The monoisotopic (exact) mass is 256 g/mol. The maximum Gasteiger partial charge on any atom is 0.433 e. The first-order valence-corrected chi connectivity index (χ1v) is 4.03. The molecule has 0 fully saturated rings. The average Bonchev–Trinajstić information content (AvgIpc) is 2.14. The zero-order valence-corrected chi connectivity index (χ0v) is 7.92. The van der Waals surface area contributed by atoms with E-state index in [9.17, 15) is 26.7 Å². The van der Waals surface area contributed by atoms with Gasteiger partial charge in [-0.2, -0.15) is 13.2 Å². The SMILES string of the molecule is Nc1nc(C(F)(F)F)c(C(F)F)cc1C(=O)O. The lowest BCUT2D eigenvalue weighted by Gasteiger charge is -2.13. The Balaban J connectivity index is 3.53. The molecule has 0 unspecified atom stereocenters. The number of hydrogen-bond donors (Lipinski definition) is 2. The van der Waals surface area contributed by atoms with Crippen LogP contribution in [0.1, 0.15) is 28.0 Å². The van der Waals surface area contributed by atoms with Crippen LogP contribution in [0, 0.1) is 0 Å². The van der Waals surface area contributed by atoms with Crippen LogP contribution in [0.15, 0.2) is 6.07 Å². The largest absolute Gasteiger partial charge is 0.478 e. The Morgan fingerprint density at radius 2 is 1.94 bits per heavy atom. The summed E-state index contributed by atoms with van der Waals surface area (Å²) in [5, 5.41) is 8.52. The highest BCUT2D eigenvalue weighted by atomic mass is 19.4. The number of nitrogens with zero attached hydrogens (tertiary/aromatic N) is 1. The summed E-state index contributed by atoms with van der Waals surface area (Å²) in [7, 11) is 0. The van der Waals surface area contributed by atoms with E-state index < -0.39 is 41.2 Å². The van der Waals surface area contributed by atoms with E-state index in [1.165, 1.54) is 0 Å². The second-order valence-corrected chi connectivity index (χ2v) is 2.96. The lowest BCUT2D eigenvalue weighted by molar-refractivity contribution is -0.143. The van der Waals surface area contributed by atoms with Crippen molar-refractivity contribution in [3.05, 3.63) is 22.9 Å². The van der Waals surface area contributed by atoms with Gasteiger partial charge in [-0.05, 0) is 6.07 Å². The molecule has 0 bridgehead atoms. The van der Waals surface area contributed by atoms with Crippen LogP contribution >= 0.6 is 0 Å². The number of halogens is 5. The van der Waals surface area contributed by atoms with Crippen molar-refractivity contribution in [3.63, 3.8) is 0 Å². The Hall–Kier alpha value is -1.93. The van der Waals surface area contributed by atoms with E-state index in [4.69, 9.17) is 10.8 Å². The van der Waals surface area contributed by atoms with Crippen LogP contribution in [-0.4, -0.2) is 16.1 Å². The van der Waals surface area contributed by atoms with Gasteiger partial charge in [0, 0.05) is 5.56 Å². The number of carboxylic acid groups (broad SMARTS) is 1. The smallest absolute Gasteiger partial charge is 0.433 e. The van der Waals surface area contributed by atoms with Gasteiger partial charge in [0.05, 0.1) is 0 Å². The molecule has 1 rings (SSSR count). The number of alkyl halides is 5. The number of pyridine rings is 1. The molecule has 0 amide bonds. The van der Waals surface area contributed by atoms with E-state index in [1.54, 1.807) is 0 Å². The lowest BCUT2D eigenvalue weighted by atomic mass is 10.1. The highest BCUT2D eigenvalue weighted by Gasteiger charge is 2.39. The number of rotatable bonds is 2. The number of nitrogens with two attached hydrogens (primary N) is 1. The van der Waals surface area contributed by atoms with Crippen molar-refractivity contribution in [1.82, 2.24) is 4.98 Å². The van der Waals surface area contributed by atoms with Crippen molar-refractivity contribution in [3.8, 4) is 0 Å². The van der Waals surface area contributed by atoms with Crippen molar-refractivity contribution < 1.29 is 31.9 Å². The summed E-state index contributed by atoms with van der Waals surface area (Å²) >= 11 is 0. The summed E-state index contributed by atoms with van der Waals surface area (Å²) in [5.41, 5.74) is 0.666. The van der Waals surface area contributed by atoms with Crippen LogP contribution in [-0.2, 0) is 6.18 Å². The maximum atomic E-state index is 12.4. The predicted octanol–water partition coefficient (Wildman–Crippen LogP) is 2.32. The lowest BCUT2D eigenvalue weighted by Crippen LogP contribution is -2.16. The van der Waals surface area contributed by atoms with Crippen LogP contribution in [0.3, 0.4) is 0 Å². The van der Waals surface area contributed by atoms with Gasteiger partial charge in [0.25, 0.3) is 6.43 Å². The van der Waals surface area contributed by atoms with Gasteiger partial charge in [0.1, 0.15) is 11.4 Å². The minimum absolute atomic E-state index is 0.179. The molecule has 94 valence electrons. The van der Waals surface area contributed by atoms with Crippen molar-refractivity contribution in [2.45, 2.75) is 12.6 Å². The molecule has 9 heteroatoms. The molecule has 3 N–H and O–H groups in total. The number of nitrogen functional groups attached to an aromatic ring is 1. The average molecular weight is 256 g/mol. The summed E-state index contributed by atoms with van der Waals surface area (Å²) < 4.78 is 61.7. The van der Waals surface area contributed by atoms with Crippen LogP contribution in [0.4, 0.5) is 27.8 Å². The van der Waals surface area contributed by atoms with Gasteiger partial charge in [-0.3, -0.25) is 0 Å². The third kappa shape index (κ3) is 2.60. The van der Waals surface area contributed by atoms with Gasteiger partial charge >= 0.3 is 12.1 Å². The van der Waals surface area contributed by atoms with Gasteiger partial charge in [-0.15, -0.1) is 0 Å². The van der Waals surface area contributed by atoms with E-state index >= 15 is 0 Å². The number of hydrogen-bond acceptors (Lipinski definition) is 3. The second kappa shape index (κ2) is 4.15. The Morgan fingerprint density at radius 3 is 2.29 bits per heavy atom. The Bertz CT molecular complexity index is 458. The first-order chi connectivity index (χ1) is 7.64. The second-order valence-electron chi connectivity index (χ2n) is 2.96. The minimum Gasteiger partial charge on any atom is -0.478 e. The fourth-order valence-electron chi connectivity index (χ4n) is 1.11. The predicted molar refractivity (Wildman–Crippen MR) is 45.6 cm³/mol. The zero-order chi connectivity index (χ0) is 13.4. The van der Waals surface area contributed by atoms with Crippen molar-refractivity contribution in [2.24, 2.45) is 0 Å². The summed E-state index contributed by atoms with van der Waals surface area (Å²) in [5.74, 6) is -2.69. The van der Waals surface area contributed by atoms with E-state index in [1.807, 2.05) is 0 Å². The number of aromatic carboxylic acids is 1. The normalized spacial score (nSPS) is 11.9. The van der Waals surface area contributed by atoms with Gasteiger partial charge in [0.2, 0.25) is 0 Å². The zero-order valence-electron chi connectivity index (χ0n) is 7.92. The molecule has 0 aliphatic heterocycles. The molecule has 0 spiro atoms. The molecule has 0 aromatic carbocycles.